The third-order valence-corrected chi connectivity index (χ3v) is 4.80. The molecule has 0 aliphatic carbocycles. The summed E-state index contributed by atoms with van der Waals surface area (Å²) in [6.07, 6.45) is 0. The first-order valence-corrected chi connectivity index (χ1v) is 8.10. The van der Waals surface area contributed by atoms with E-state index in [1.54, 1.807) is 6.92 Å². The summed E-state index contributed by atoms with van der Waals surface area (Å²) < 4.78 is 1.88. The van der Waals surface area contributed by atoms with Gasteiger partial charge in [-0.05, 0) is 19.1 Å². The van der Waals surface area contributed by atoms with Crippen molar-refractivity contribution in [3.8, 4) is 0 Å². The maximum absolute atomic E-state index is 12.4. The number of nitrogens with zero attached hydrogens (tertiary/aromatic N) is 4. The highest BCUT2D eigenvalue weighted by Gasteiger charge is 2.31. The molecule has 0 saturated carbocycles. The second kappa shape index (κ2) is 5.27. The number of hydrogen-bond acceptors (Lipinski definition) is 5. The second-order valence-corrected chi connectivity index (χ2v) is 6.56. The highest BCUT2D eigenvalue weighted by molar-refractivity contribution is 8.00. The number of nitrogens with one attached hydrogen (secondary N) is 2. The molecule has 1 fully saturated rings. The number of aromatic nitrogens is 4. The fourth-order valence-electron chi connectivity index (χ4n) is 2.63. The summed E-state index contributed by atoms with van der Waals surface area (Å²) >= 11 is 1.31. The maximum atomic E-state index is 12.4. The van der Waals surface area contributed by atoms with Crippen LogP contribution in [0.25, 0.3) is 16.8 Å². The van der Waals surface area contributed by atoms with Crippen molar-refractivity contribution >= 4 is 40.5 Å². The number of hydrogen-bond donors (Lipinski definition) is 2. The van der Waals surface area contributed by atoms with Crippen LogP contribution in [0.1, 0.15) is 6.92 Å². The minimum atomic E-state index is -0.425. The Bertz CT molecular complexity index is 916. The first-order chi connectivity index (χ1) is 11.1. The SMILES string of the molecule is CC(Sc1n[nH]c2nc3ccccc3n12)C(=O)N1CCNC1=O. The molecule has 1 saturated heterocycles. The average Bonchev–Trinajstić information content (AvgIpc) is 3.22. The molecular formula is C14H14N6O2S. The highest BCUT2D eigenvalue weighted by atomic mass is 32.2. The standard InChI is InChI=1S/C14H14N6O2S/c1-8(11(21)19-7-6-15-13(19)22)23-14-18-17-12-16-9-4-2-3-5-10(9)20(12)14/h2-5,8H,6-7H2,1H3,(H,15,22)(H,16,17). The number of H-pyrrole nitrogens is 1. The molecule has 1 aliphatic heterocycles. The molecule has 23 heavy (non-hydrogen) atoms. The van der Waals surface area contributed by atoms with Crippen molar-refractivity contribution in [3.05, 3.63) is 24.3 Å². The van der Waals surface area contributed by atoms with Crippen LogP contribution in [0.3, 0.4) is 0 Å². The molecule has 3 amide bonds. The van der Waals surface area contributed by atoms with Crippen LogP contribution < -0.4 is 5.32 Å². The largest absolute Gasteiger partial charge is 0.336 e. The van der Waals surface area contributed by atoms with Crippen molar-refractivity contribution in [2.45, 2.75) is 17.3 Å². The van der Waals surface area contributed by atoms with Gasteiger partial charge >= 0.3 is 6.03 Å². The molecule has 2 aromatic heterocycles. The van der Waals surface area contributed by atoms with Gasteiger partial charge in [-0.1, -0.05) is 23.9 Å². The van der Waals surface area contributed by atoms with Crippen molar-refractivity contribution in [3.63, 3.8) is 0 Å². The molecule has 1 atom stereocenters. The van der Waals surface area contributed by atoms with E-state index < -0.39 is 5.25 Å². The number of aromatic amines is 1. The van der Waals surface area contributed by atoms with Gasteiger partial charge in [0.2, 0.25) is 11.7 Å². The zero-order valence-corrected chi connectivity index (χ0v) is 13.1. The minimum absolute atomic E-state index is 0.217. The fourth-order valence-corrected chi connectivity index (χ4v) is 3.56. The molecule has 9 heteroatoms. The summed E-state index contributed by atoms with van der Waals surface area (Å²) in [6.45, 7) is 2.69. The van der Waals surface area contributed by atoms with Gasteiger partial charge in [0.25, 0.3) is 0 Å². The Balaban J connectivity index is 1.64. The average molecular weight is 330 g/mol. The van der Waals surface area contributed by atoms with Crippen molar-refractivity contribution in [2.75, 3.05) is 13.1 Å². The number of benzene rings is 1. The number of para-hydroxylation sites is 2. The van der Waals surface area contributed by atoms with E-state index in [0.717, 1.165) is 11.0 Å². The predicted molar refractivity (Wildman–Crippen MR) is 85.3 cm³/mol. The summed E-state index contributed by atoms with van der Waals surface area (Å²) in [6, 6.07) is 7.40. The molecule has 8 nitrogen and oxygen atoms in total. The summed E-state index contributed by atoms with van der Waals surface area (Å²) in [5.41, 5.74) is 1.79. The monoisotopic (exact) mass is 330 g/mol. The van der Waals surface area contributed by atoms with Crippen LogP contribution >= 0.6 is 11.8 Å². The summed E-state index contributed by atoms with van der Waals surface area (Å²) in [5, 5.41) is 9.97. The van der Waals surface area contributed by atoms with Crippen LogP contribution in [0.15, 0.2) is 29.4 Å². The fraction of sp³-hybridized carbons (Fsp3) is 0.286. The van der Waals surface area contributed by atoms with Crippen LogP contribution in [-0.2, 0) is 4.79 Å². The van der Waals surface area contributed by atoms with Crippen LogP contribution in [0.5, 0.6) is 0 Å². The molecule has 0 spiro atoms. The number of fused-ring (bicyclic) bond motifs is 3. The van der Waals surface area contributed by atoms with Gasteiger partial charge in [-0.25, -0.2) is 14.9 Å². The van der Waals surface area contributed by atoms with Crippen molar-refractivity contribution in [1.29, 1.82) is 0 Å². The van der Waals surface area contributed by atoms with Gasteiger partial charge in [0.1, 0.15) is 0 Å². The zero-order valence-electron chi connectivity index (χ0n) is 12.3. The van der Waals surface area contributed by atoms with E-state index in [1.807, 2.05) is 28.7 Å². The van der Waals surface area contributed by atoms with Crippen LogP contribution in [0.2, 0.25) is 0 Å². The summed E-state index contributed by atoms with van der Waals surface area (Å²) in [4.78, 5) is 29.7. The maximum Gasteiger partial charge on any atom is 0.324 e. The third-order valence-electron chi connectivity index (χ3n) is 3.76. The first kappa shape index (κ1) is 14.1. The lowest BCUT2D eigenvalue weighted by Crippen LogP contribution is -2.39. The van der Waals surface area contributed by atoms with Crippen LogP contribution in [-0.4, -0.2) is 54.8 Å². The van der Waals surface area contributed by atoms with Gasteiger partial charge in [-0.3, -0.25) is 14.1 Å². The molecule has 1 unspecified atom stereocenters. The smallest absolute Gasteiger partial charge is 0.324 e. The van der Waals surface area contributed by atoms with Gasteiger partial charge in [0.05, 0.1) is 16.3 Å². The van der Waals surface area contributed by atoms with Crippen LogP contribution in [0, 0.1) is 0 Å². The Morgan fingerprint density at radius 1 is 1.39 bits per heavy atom. The number of carbonyl (C=O) groups is 2. The Kier molecular flexibility index (Phi) is 3.22. The molecule has 4 rings (SSSR count). The van der Waals surface area contributed by atoms with E-state index in [-0.39, 0.29) is 11.9 Å². The number of carbonyl (C=O) groups excluding carboxylic acids is 2. The van der Waals surface area contributed by atoms with E-state index >= 15 is 0 Å². The molecule has 0 bridgehead atoms. The van der Waals surface area contributed by atoms with E-state index in [0.29, 0.717) is 24.0 Å². The second-order valence-electron chi connectivity index (χ2n) is 5.25. The summed E-state index contributed by atoms with van der Waals surface area (Å²) in [5.74, 6) is 0.415. The third kappa shape index (κ3) is 2.24. The zero-order chi connectivity index (χ0) is 16.0. The molecule has 0 radical (unpaired) electrons. The van der Waals surface area contributed by atoms with Gasteiger partial charge < -0.3 is 5.32 Å². The number of urea groups is 1. The van der Waals surface area contributed by atoms with Gasteiger partial charge in [-0.15, -0.1) is 5.10 Å². The molecule has 1 aromatic carbocycles. The lowest BCUT2D eigenvalue weighted by molar-refractivity contribution is -0.126. The lowest BCUT2D eigenvalue weighted by Gasteiger charge is -2.16. The Labute approximate surface area is 135 Å². The van der Waals surface area contributed by atoms with Crippen molar-refractivity contribution in [1.82, 2.24) is 29.8 Å². The molecule has 1 aliphatic rings. The van der Waals surface area contributed by atoms with Gasteiger partial charge in [0.15, 0.2) is 5.16 Å². The first-order valence-electron chi connectivity index (χ1n) is 7.22. The van der Waals surface area contributed by atoms with E-state index in [1.165, 1.54) is 16.7 Å². The Hall–Kier alpha value is -2.55. The van der Waals surface area contributed by atoms with E-state index in [9.17, 15) is 9.59 Å². The van der Waals surface area contributed by atoms with Crippen molar-refractivity contribution in [2.24, 2.45) is 0 Å². The number of amides is 3. The molecular weight excluding hydrogens is 316 g/mol. The molecule has 118 valence electrons. The minimum Gasteiger partial charge on any atom is -0.336 e. The van der Waals surface area contributed by atoms with Crippen LogP contribution in [0.4, 0.5) is 4.79 Å². The highest BCUT2D eigenvalue weighted by Crippen LogP contribution is 2.27. The summed E-state index contributed by atoms with van der Waals surface area (Å²) in [7, 11) is 0. The normalized spacial score (nSPS) is 16.2. The number of thioether (sulfide) groups is 1. The van der Waals surface area contributed by atoms with Crippen molar-refractivity contribution < 1.29 is 9.59 Å². The number of rotatable bonds is 3. The molecule has 2 N–H and O–H groups in total. The topological polar surface area (TPSA) is 95.4 Å². The van der Waals surface area contributed by atoms with Gasteiger partial charge in [-0.2, -0.15) is 0 Å². The predicted octanol–water partition coefficient (Wildman–Crippen LogP) is 1.24. The van der Waals surface area contributed by atoms with E-state index in [4.69, 9.17) is 0 Å². The van der Waals surface area contributed by atoms with E-state index in [2.05, 4.69) is 20.5 Å². The quantitative estimate of drug-likeness (QED) is 0.705. The Morgan fingerprint density at radius 3 is 3.00 bits per heavy atom. The lowest BCUT2D eigenvalue weighted by atomic mass is 10.3. The number of imidazole rings is 1. The molecule has 3 aromatic rings. The number of imide groups is 1. The van der Waals surface area contributed by atoms with Gasteiger partial charge in [0, 0.05) is 13.1 Å². The Morgan fingerprint density at radius 2 is 2.22 bits per heavy atom. The molecule has 3 heterocycles.